The minimum Gasteiger partial charge on any atom is -0.508 e. The zero-order valence-electron chi connectivity index (χ0n) is 11.8. The van der Waals surface area contributed by atoms with Gasteiger partial charge in [0.05, 0.1) is 20.8 Å². The van der Waals surface area contributed by atoms with E-state index in [9.17, 15) is 0 Å². The van der Waals surface area contributed by atoms with Crippen LogP contribution < -0.4 is 20.9 Å². The summed E-state index contributed by atoms with van der Waals surface area (Å²) in [5.41, 5.74) is 13.2. The average Bonchev–Trinajstić information content (AvgIpc) is 2.49. The Morgan fingerprint density at radius 2 is 1.81 bits per heavy atom. The molecule has 0 unspecified atom stereocenters. The molecule has 0 bridgehead atoms. The van der Waals surface area contributed by atoms with Gasteiger partial charge in [0.25, 0.3) is 5.69 Å². The van der Waals surface area contributed by atoms with Crippen molar-refractivity contribution in [3.63, 3.8) is 0 Å². The lowest BCUT2D eigenvalue weighted by Crippen LogP contribution is -2.04. The molecule has 0 radical (unpaired) electrons. The first kappa shape index (κ1) is 14.4. The molecule has 0 saturated heterocycles. The van der Waals surface area contributed by atoms with E-state index in [1.165, 1.54) is 14.2 Å². The van der Waals surface area contributed by atoms with E-state index in [2.05, 4.69) is 14.8 Å². The fourth-order valence-electron chi connectivity index (χ4n) is 1.95. The van der Waals surface area contributed by atoms with Crippen LogP contribution in [0.4, 0.5) is 17.5 Å². The van der Waals surface area contributed by atoms with Crippen molar-refractivity contribution in [2.75, 3.05) is 25.7 Å². The molecule has 0 aliphatic carbocycles. The Morgan fingerprint density at radius 1 is 1.19 bits per heavy atom. The molecule has 0 amide bonds. The zero-order chi connectivity index (χ0) is 15.4. The molecular weight excluding hydrogens is 270 g/mol. The van der Waals surface area contributed by atoms with Crippen LogP contribution in [0, 0.1) is 6.57 Å². The van der Waals surface area contributed by atoms with E-state index in [4.69, 9.17) is 27.5 Å². The van der Waals surface area contributed by atoms with Gasteiger partial charge in [0.15, 0.2) is 0 Å². The van der Waals surface area contributed by atoms with Crippen molar-refractivity contribution in [3.8, 4) is 11.5 Å². The minimum absolute atomic E-state index is 0.134. The summed E-state index contributed by atoms with van der Waals surface area (Å²) in [5.74, 6) is 1.37. The summed E-state index contributed by atoms with van der Waals surface area (Å²) in [5, 5.41) is 0. The van der Waals surface area contributed by atoms with Crippen LogP contribution in [0.25, 0.3) is 4.85 Å². The summed E-state index contributed by atoms with van der Waals surface area (Å²) in [7, 11) is 3.02. The van der Waals surface area contributed by atoms with Gasteiger partial charge in [0.1, 0.15) is 17.3 Å². The molecule has 7 nitrogen and oxygen atoms in total. The van der Waals surface area contributed by atoms with Crippen LogP contribution in [0.15, 0.2) is 18.3 Å². The molecule has 1 aromatic heterocycles. The Bertz CT molecular complexity index is 684. The largest absolute Gasteiger partial charge is 0.508 e. The van der Waals surface area contributed by atoms with E-state index >= 15 is 0 Å². The standard InChI is InChI=1S/C14H15N5O2/c1-17-12-10(20-2)5-8(6-11(12)21-3)4-9-7-18-14(16)19-13(9)15/h5-7H,4H2,2-3H3,(H4,15,16,18,19). The van der Waals surface area contributed by atoms with Crippen molar-refractivity contribution in [3.05, 3.63) is 40.9 Å². The highest BCUT2D eigenvalue weighted by molar-refractivity contribution is 5.68. The normalized spacial score (nSPS) is 9.95. The lowest BCUT2D eigenvalue weighted by Gasteiger charge is -2.12. The first-order chi connectivity index (χ1) is 10.1. The maximum Gasteiger partial charge on any atom is 0.268 e. The second kappa shape index (κ2) is 5.96. The highest BCUT2D eigenvalue weighted by Gasteiger charge is 2.14. The quantitative estimate of drug-likeness (QED) is 0.831. The van der Waals surface area contributed by atoms with Crippen molar-refractivity contribution in [2.24, 2.45) is 0 Å². The monoisotopic (exact) mass is 285 g/mol. The summed E-state index contributed by atoms with van der Waals surface area (Å²) < 4.78 is 10.5. The van der Waals surface area contributed by atoms with Crippen molar-refractivity contribution in [2.45, 2.75) is 6.42 Å². The van der Waals surface area contributed by atoms with Gasteiger partial charge in [-0.15, -0.1) is 0 Å². The number of benzene rings is 1. The second-order valence-electron chi connectivity index (χ2n) is 4.28. The maximum absolute atomic E-state index is 7.19. The number of nitrogen functional groups attached to an aromatic ring is 2. The topological polar surface area (TPSA) is 101 Å². The van der Waals surface area contributed by atoms with Gasteiger partial charge in [0.2, 0.25) is 5.95 Å². The fraction of sp³-hybridized carbons (Fsp3) is 0.214. The minimum atomic E-state index is 0.134. The lowest BCUT2D eigenvalue weighted by atomic mass is 10.1. The van der Waals surface area contributed by atoms with Crippen molar-refractivity contribution in [1.29, 1.82) is 0 Å². The van der Waals surface area contributed by atoms with Gasteiger partial charge in [-0.05, 0) is 17.7 Å². The van der Waals surface area contributed by atoms with Gasteiger partial charge in [-0.2, -0.15) is 4.98 Å². The third-order valence-corrected chi connectivity index (χ3v) is 2.96. The van der Waals surface area contributed by atoms with Crippen LogP contribution in [-0.2, 0) is 6.42 Å². The van der Waals surface area contributed by atoms with E-state index in [0.717, 1.165) is 11.1 Å². The number of rotatable bonds is 4. The van der Waals surface area contributed by atoms with Gasteiger partial charge in [-0.3, -0.25) is 0 Å². The molecule has 1 heterocycles. The molecular formula is C14H15N5O2. The summed E-state index contributed by atoms with van der Waals surface area (Å²) in [4.78, 5) is 11.3. The van der Waals surface area contributed by atoms with E-state index in [1.807, 2.05) is 0 Å². The molecule has 0 spiro atoms. The molecule has 0 aliphatic rings. The summed E-state index contributed by atoms with van der Waals surface area (Å²) in [6.07, 6.45) is 2.07. The predicted molar refractivity (Wildman–Crippen MR) is 79.5 cm³/mol. The second-order valence-corrected chi connectivity index (χ2v) is 4.28. The number of aromatic nitrogens is 2. The predicted octanol–water partition coefficient (Wildman–Crippen LogP) is 1.80. The molecule has 1 aromatic carbocycles. The number of nitrogens with zero attached hydrogens (tertiary/aromatic N) is 3. The fourth-order valence-corrected chi connectivity index (χ4v) is 1.95. The van der Waals surface area contributed by atoms with Gasteiger partial charge in [-0.1, -0.05) is 0 Å². The molecule has 21 heavy (non-hydrogen) atoms. The van der Waals surface area contributed by atoms with E-state index in [0.29, 0.717) is 29.4 Å². The molecule has 4 N–H and O–H groups in total. The van der Waals surface area contributed by atoms with E-state index < -0.39 is 0 Å². The molecule has 0 saturated carbocycles. The number of ether oxygens (including phenoxy) is 2. The molecule has 108 valence electrons. The molecule has 7 heteroatoms. The smallest absolute Gasteiger partial charge is 0.268 e. The van der Waals surface area contributed by atoms with Gasteiger partial charge in [-0.25, -0.2) is 9.83 Å². The van der Waals surface area contributed by atoms with Crippen LogP contribution >= 0.6 is 0 Å². The number of nitrogens with two attached hydrogens (primary N) is 2. The molecule has 0 fully saturated rings. The number of methoxy groups -OCH3 is 2. The Hall–Kier alpha value is -3.01. The van der Waals surface area contributed by atoms with Crippen LogP contribution in [0.1, 0.15) is 11.1 Å². The Morgan fingerprint density at radius 3 is 2.29 bits per heavy atom. The van der Waals surface area contributed by atoms with Crippen molar-refractivity contribution >= 4 is 17.5 Å². The zero-order valence-corrected chi connectivity index (χ0v) is 11.8. The summed E-state index contributed by atoms with van der Waals surface area (Å²) in [6, 6.07) is 3.54. The first-order valence-corrected chi connectivity index (χ1v) is 6.08. The Balaban J connectivity index is 2.43. The summed E-state index contributed by atoms with van der Waals surface area (Å²) in [6.45, 7) is 7.19. The number of anilines is 2. The van der Waals surface area contributed by atoms with Crippen molar-refractivity contribution < 1.29 is 9.47 Å². The van der Waals surface area contributed by atoms with E-state index in [1.54, 1.807) is 18.3 Å². The maximum atomic E-state index is 7.19. The van der Waals surface area contributed by atoms with Crippen LogP contribution in [0.2, 0.25) is 0 Å². The Kier molecular flexibility index (Phi) is 4.09. The average molecular weight is 285 g/mol. The highest BCUT2D eigenvalue weighted by Crippen LogP contribution is 2.39. The first-order valence-electron chi connectivity index (χ1n) is 6.08. The number of hydrogen-bond acceptors (Lipinski definition) is 6. The van der Waals surface area contributed by atoms with Gasteiger partial charge >= 0.3 is 0 Å². The Labute approximate surface area is 122 Å². The van der Waals surface area contributed by atoms with E-state index in [-0.39, 0.29) is 5.95 Å². The van der Waals surface area contributed by atoms with Crippen LogP contribution in [0.3, 0.4) is 0 Å². The molecule has 2 rings (SSSR count). The van der Waals surface area contributed by atoms with Crippen molar-refractivity contribution in [1.82, 2.24) is 9.97 Å². The molecule has 0 atom stereocenters. The third kappa shape index (κ3) is 2.95. The van der Waals surface area contributed by atoms with Crippen LogP contribution in [0.5, 0.6) is 11.5 Å². The highest BCUT2D eigenvalue weighted by atomic mass is 16.5. The van der Waals surface area contributed by atoms with Gasteiger partial charge < -0.3 is 20.9 Å². The SMILES string of the molecule is [C-]#[N+]c1c(OC)cc(Cc2cnc(N)nc2N)cc1OC. The molecule has 2 aromatic rings. The summed E-state index contributed by atoms with van der Waals surface area (Å²) >= 11 is 0. The van der Waals surface area contributed by atoms with Gasteiger partial charge in [0, 0.05) is 18.2 Å². The third-order valence-electron chi connectivity index (χ3n) is 2.96. The number of hydrogen-bond donors (Lipinski definition) is 2. The lowest BCUT2D eigenvalue weighted by molar-refractivity contribution is 0.398. The van der Waals surface area contributed by atoms with Crippen LogP contribution in [-0.4, -0.2) is 24.2 Å². The molecule has 0 aliphatic heterocycles.